The van der Waals surface area contributed by atoms with Gasteiger partial charge in [-0.15, -0.1) is 0 Å². The van der Waals surface area contributed by atoms with Gasteiger partial charge in [0.1, 0.15) is 13.2 Å². The van der Waals surface area contributed by atoms with E-state index in [-0.39, 0.29) is 24.0 Å². The van der Waals surface area contributed by atoms with Gasteiger partial charge in [0.25, 0.3) is 5.91 Å². The number of anilines is 2. The number of carbonyl (C=O) groups excluding carboxylic acids is 2. The number of benzene rings is 2. The van der Waals surface area contributed by atoms with Crippen molar-refractivity contribution in [3.63, 3.8) is 0 Å². The lowest BCUT2D eigenvalue weighted by molar-refractivity contribution is -0.115. The Kier molecular flexibility index (Phi) is 5.53. The molecule has 2 amide bonds. The zero-order valence-electron chi connectivity index (χ0n) is 15.2. The molecule has 3 aromatic rings. The van der Waals surface area contributed by atoms with Crippen LogP contribution in [0.2, 0.25) is 0 Å². The van der Waals surface area contributed by atoms with E-state index in [4.69, 9.17) is 13.9 Å². The third-order valence-corrected chi connectivity index (χ3v) is 4.97. The van der Waals surface area contributed by atoms with Gasteiger partial charge in [0.15, 0.2) is 17.3 Å². The van der Waals surface area contributed by atoms with Gasteiger partial charge in [-0.1, -0.05) is 15.9 Å². The second-order valence-electron chi connectivity index (χ2n) is 6.32. The number of rotatable bonds is 5. The first-order valence-electron chi connectivity index (χ1n) is 8.91. The van der Waals surface area contributed by atoms with Crippen LogP contribution in [0.15, 0.2) is 63.7 Å². The van der Waals surface area contributed by atoms with Crippen molar-refractivity contribution in [3.8, 4) is 11.5 Å². The van der Waals surface area contributed by atoms with Crippen molar-refractivity contribution in [2.24, 2.45) is 0 Å². The summed E-state index contributed by atoms with van der Waals surface area (Å²) in [5, 5.41) is 5.57. The smallest absolute Gasteiger partial charge is 0.291 e. The van der Waals surface area contributed by atoms with Gasteiger partial charge in [0.05, 0.1) is 12.7 Å². The first-order valence-corrected chi connectivity index (χ1v) is 9.70. The van der Waals surface area contributed by atoms with E-state index in [0.717, 1.165) is 10.0 Å². The van der Waals surface area contributed by atoms with Crippen molar-refractivity contribution < 1.29 is 23.5 Å². The van der Waals surface area contributed by atoms with Crippen LogP contribution in [-0.2, 0) is 11.2 Å². The van der Waals surface area contributed by atoms with E-state index in [1.165, 1.54) is 6.26 Å². The van der Waals surface area contributed by atoms with Crippen molar-refractivity contribution in [2.75, 3.05) is 23.8 Å². The van der Waals surface area contributed by atoms with Crippen molar-refractivity contribution in [1.29, 1.82) is 0 Å². The molecule has 0 spiro atoms. The maximum atomic E-state index is 12.4. The standard InChI is InChI=1S/C21H17BrN2O5/c22-16-12-19-18(28-8-9-29-19)10-13(16)11-20(25)23-14-3-5-15(6-4-14)24-21(26)17-2-1-7-27-17/h1-7,10,12H,8-9,11H2,(H,23,25)(H,24,26). The maximum absolute atomic E-state index is 12.4. The first kappa shape index (κ1) is 19.1. The SMILES string of the molecule is O=C(Cc1cc2c(cc1Br)OCCO2)Nc1ccc(NC(=O)c2ccco2)cc1. The summed E-state index contributed by atoms with van der Waals surface area (Å²) in [6, 6.07) is 13.7. The number of hydrogen-bond donors (Lipinski definition) is 2. The number of halogens is 1. The molecule has 2 N–H and O–H groups in total. The highest BCUT2D eigenvalue weighted by Gasteiger charge is 2.16. The van der Waals surface area contributed by atoms with Crippen LogP contribution in [0.5, 0.6) is 11.5 Å². The van der Waals surface area contributed by atoms with Gasteiger partial charge >= 0.3 is 0 Å². The molecule has 4 rings (SSSR count). The Morgan fingerprint density at radius 1 is 0.931 bits per heavy atom. The molecule has 1 aliphatic rings. The van der Waals surface area contributed by atoms with Crippen LogP contribution in [-0.4, -0.2) is 25.0 Å². The summed E-state index contributed by atoms with van der Waals surface area (Å²) in [5.41, 5.74) is 2.02. The zero-order valence-corrected chi connectivity index (χ0v) is 16.8. The minimum atomic E-state index is -0.338. The lowest BCUT2D eigenvalue weighted by Gasteiger charge is -2.19. The molecule has 0 radical (unpaired) electrons. The van der Waals surface area contributed by atoms with Crippen molar-refractivity contribution >= 4 is 39.1 Å². The number of fused-ring (bicyclic) bond motifs is 1. The predicted octanol–water partition coefficient (Wildman–Crippen LogP) is 4.25. The average Bonchev–Trinajstić information content (AvgIpc) is 3.25. The summed E-state index contributed by atoms with van der Waals surface area (Å²) in [7, 11) is 0. The summed E-state index contributed by atoms with van der Waals surface area (Å²) in [6.07, 6.45) is 1.61. The highest BCUT2D eigenvalue weighted by Crippen LogP contribution is 2.35. The fourth-order valence-electron chi connectivity index (χ4n) is 2.86. The molecule has 0 bridgehead atoms. The summed E-state index contributed by atoms with van der Waals surface area (Å²) in [6.45, 7) is 1.00. The number of furan rings is 1. The molecule has 2 heterocycles. The van der Waals surface area contributed by atoms with Crippen LogP contribution in [0.4, 0.5) is 11.4 Å². The molecule has 0 fully saturated rings. The van der Waals surface area contributed by atoms with Gasteiger partial charge < -0.3 is 24.5 Å². The molecule has 7 nitrogen and oxygen atoms in total. The molecule has 0 saturated heterocycles. The zero-order chi connectivity index (χ0) is 20.2. The number of hydrogen-bond acceptors (Lipinski definition) is 5. The van der Waals surface area contributed by atoms with Crippen LogP contribution in [0, 0.1) is 0 Å². The van der Waals surface area contributed by atoms with Crippen LogP contribution in [0.3, 0.4) is 0 Å². The Bertz CT molecular complexity index is 1030. The molecule has 2 aromatic carbocycles. The largest absolute Gasteiger partial charge is 0.486 e. The monoisotopic (exact) mass is 456 g/mol. The van der Waals surface area contributed by atoms with Crippen LogP contribution >= 0.6 is 15.9 Å². The highest BCUT2D eigenvalue weighted by molar-refractivity contribution is 9.10. The Morgan fingerprint density at radius 3 is 2.24 bits per heavy atom. The molecular formula is C21H17BrN2O5. The summed E-state index contributed by atoms with van der Waals surface area (Å²) in [5.74, 6) is 1.02. The third kappa shape index (κ3) is 4.60. The highest BCUT2D eigenvalue weighted by atomic mass is 79.9. The third-order valence-electron chi connectivity index (χ3n) is 4.23. The van der Waals surface area contributed by atoms with E-state index in [9.17, 15) is 9.59 Å². The van der Waals surface area contributed by atoms with Gasteiger partial charge in [0, 0.05) is 15.8 Å². The Balaban J connectivity index is 1.37. The summed E-state index contributed by atoms with van der Waals surface area (Å²) in [4.78, 5) is 24.4. The second kappa shape index (κ2) is 8.40. The number of amides is 2. The van der Waals surface area contributed by atoms with Gasteiger partial charge in [-0.2, -0.15) is 0 Å². The Hall–Kier alpha value is -3.26. The fourth-order valence-corrected chi connectivity index (χ4v) is 3.32. The molecular weight excluding hydrogens is 440 g/mol. The van der Waals surface area contributed by atoms with Gasteiger partial charge in [0.2, 0.25) is 5.91 Å². The molecule has 0 unspecified atom stereocenters. The normalized spacial score (nSPS) is 12.3. The van der Waals surface area contributed by atoms with Crippen molar-refractivity contribution in [2.45, 2.75) is 6.42 Å². The first-order chi connectivity index (χ1) is 14.1. The lowest BCUT2D eigenvalue weighted by atomic mass is 10.1. The van der Waals surface area contributed by atoms with E-state index in [1.54, 1.807) is 36.4 Å². The molecule has 0 saturated carbocycles. The predicted molar refractivity (Wildman–Crippen MR) is 111 cm³/mol. The average molecular weight is 457 g/mol. The van der Waals surface area contributed by atoms with Gasteiger partial charge in [-0.05, 0) is 54.1 Å². The summed E-state index contributed by atoms with van der Waals surface area (Å²) < 4.78 is 16.9. The van der Waals surface area contributed by atoms with E-state index in [1.807, 2.05) is 12.1 Å². The molecule has 29 heavy (non-hydrogen) atoms. The fraction of sp³-hybridized carbons (Fsp3) is 0.143. The van der Waals surface area contributed by atoms with Crippen LogP contribution in [0.25, 0.3) is 0 Å². The number of ether oxygens (including phenoxy) is 2. The lowest BCUT2D eigenvalue weighted by Crippen LogP contribution is -2.17. The van der Waals surface area contributed by atoms with Crippen molar-refractivity contribution in [3.05, 3.63) is 70.6 Å². The van der Waals surface area contributed by atoms with E-state index >= 15 is 0 Å². The molecule has 8 heteroatoms. The molecule has 1 aromatic heterocycles. The molecule has 0 aliphatic carbocycles. The molecule has 148 valence electrons. The summed E-state index contributed by atoms with van der Waals surface area (Å²) >= 11 is 3.47. The van der Waals surface area contributed by atoms with E-state index in [0.29, 0.717) is 36.1 Å². The van der Waals surface area contributed by atoms with Crippen LogP contribution in [0.1, 0.15) is 16.1 Å². The Morgan fingerprint density at radius 2 is 1.59 bits per heavy atom. The number of carbonyl (C=O) groups is 2. The van der Waals surface area contributed by atoms with Gasteiger partial charge in [-0.25, -0.2) is 0 Å². The van der Waals surface area contributed by atoms with E-state index in [2.05, 4.69) is 26.6 Å². The minimum absolute atomic E-state index is 0.172. The van der Waals surface area contributed by atoms with Crippen molar-refractivity contribution in [1.82, 2.24) is 0 Å². The topological polar surface area (TPSA) is 89.8 Å². The Labute approximate surface area is 175 Å². The number of nitrogens with one attached hydrogen (secondary N) is 2. The molecule has 0 atom stereocenters. The van der Waals surface area contributed by atoms with Gasteiger partial charge in [-0.3, -0.25) is 9.59 Å². The maximum Gasteiger partial charge on any atom is 0.291 e. The quantitative estimate of drug-likeness (QED) is 0.598. The second-order valence-corrected chi connectivity index (χ2v) is 7.18. The van der Waals surface area contributed by atoms with E-state index < -0.39 is 0 Å². The van der Waals surface area contributed by atoms with Crippen LogP contribution < -0.4 is 20.1 Å². The molecule has 1 aliphatic heterocycles. The minimum Gasteiger partial charge on any atom is -0.486 e.